The first-order valence-corrected chi connectivity index (χ1v) is 11.3. The number of carbonyl (C=O) groups is 1. The highest BCUT2D eigenvalue weighted by Crippen LogP contribution is 2.30. The van der Waals surface area contributed by atoms with Gasteiger partial charge in [-0.1, -0.05) is 12.1 Å². The monoisotopic (exact) mass is 401 g/mol. The van der Waals surface area contributed by atoms with Crippen LogP contribution in [0.4, 0.5) is 11.4 Å². The van der Waals surface area contributed by atoms with Gasteiger partial charge in [-0.15, -0.1) is 0 Å². The van der Waals surface area contributed by atoms with Gasteiger partial charge in [-0.05, 0) is 60.7 Å². The van der Waals surface area contributed by atoms with E-state index in [-0.39, 0.29) is 5.91 Å². The number of hydrogen-bond donors (Lipinski definition) is 1. The van der Waals surface area contributed by atoms with E-state index >= 15 is 0 Å². The second kappa shape index (κ2) is 8.22. The number of nitrogens with zero attached hydrogens (tertiary/aromatic N) is 2. The van der Waals surface area contributed by atoms with Gasteiger partial charge >= 0.3 is 0 Å². The van der Waals surface area contributed by atoms with Crippen molar-refractivity contribution in [2.45, 2.75) is 19.3 Å². The van der Waals surface area contributed by atoms with Gasteiger partial charge < -0.3 is 10.2 Å². The molecular weight excluding hydrogens is 374 g/mol. The summed E-state index contributed by atoms with van der Waals surface area (Å²) in [5.74, 6) is -0.122. The number of anilines is 2. The molecule has 0 unspecified atom stereocenters. The number of benzene rings is 2. The lowest BCUT2D eigenvalue weighted by Crippen LogP contribution is -2.27. The molecule has 0 aromatic heterocycles. The number of sulfonamides is 1. The fraction of sp³-hybridized carbons (Fsp3) is 0.381. The number of nitrogens with one attached hydrogen (secondary N) is 1. The van der Waals surface area contributed by atoms with E-state index in [1.165, 1.54) is 21.8 Å². The minimum absolute atomic E-state index is 0.122. The van der Waals surface area contributed by atoms with Gasteiger partial charge in [0.15, 0.2) is 0 Å². The van der Waals surface area contributed by atoms with Crippen LogP contribution in [0.1, 0.15) is 27.9 Å². The number of amides is 1. The Labute approximate surface area is 167 Å². The van der Waals surface area contributed by atoms with Gasteiger partial charge in [-0.25, -0.2) is 8.42 Å². The molecule has 3 rings (SSSR count). The smallest absolute Gasteiger partial charge is 0.251 e. The SMILES string of the molecule is CN(C)c1ccc(CCCNC(=O)c2ccc3c(c2)CCN3S(C)(=O)=O)cc1. The quantitative estimate of drug-likeness (QED) is 0.724. The largest absolute Gasteiger partial charge is 0.378 e. The molecule has 0 aliphatic carbocycles. The summed E-state index contributed by atoms with van der Waals surface area (Å²) < 4.78 is 25.0. The maximum atomic E-state index is 12.4. The first-order valence-electron chi connectivity index (χ1n) is 9.41. The van der Waals surface area contributed by atoms with Crippen LogP contribution < -0.4 is 14.5 Å². The molecule has 0 saturated heterocycles. The number of carbonyl (C=O) groups excluding carboxylic acids is 1. The number of hydrogen-bond acceptors (Lipinski definition) is 4. The zero-order chi connectivity index (χ0) is 20.3. The summed E-state index contributed by atoms with van der Waals surface area (Å²) in [7, 11) is 0.762. The maximum absolute atomic E-state index is 12.4. The first-order chi connectivity index (χ1) is 13.3. The van der Waals surface area contributed by atoms with Crippen molar-refractivity contribution in [3.8, 4) is 0 Å². The third-order valence-electron chi connectivity index (χ3n) is 4.98. The fourth-order valence-corrected chi connectivity index (χ4v) is 4.37. The van der Waals surface area contributed by atoms with E-state index in [9.17, 15) is 13.2 Å². The lowest BCUT2D eigenvalue weighted by molar-refractivity contribution is 0.0953. The molecule has 2 aromatic carbocycles. The summed E-state index contributed by atoms with van der Waals surface area (Å²) in [4.78, 5) is 14.5. The average Bonchev–Trinajstić information content (AvgIpc) is 3.09. The Balaban J connectivity index is 1.52. The third-order valence-corrected chi connectivity index (χ3v) is 6.16. The topological polar surface area (TPSA) is 69.7 Å². The van der Waals surface area contributed by atoms with Crippen molar-refractivity contribution in [1.29, 1.82) is 0 Å². The molecule has 0 saturated carbocycles. The van der Waals surface area contributed by atoms with Crippen molar-refractivity contribution < 1.29 is 13.2 Å². The maximum Gasteiger partial charge on any atom is 0.251 e. The van der Waals surface area contributed by atoms with Gasteiger partial charge in [0.25, 0.3) is 5.91 Å². The molecule has 6 nitrogen and oxygen atoms in total. The van der Waals surface area contributed by atoms with Crippen LogP contribution in [0.15, 0.2) is 42.5 Å². The highest BCUT2D eigenvalue weighted by Gasteiger charge is 2.26. The van der Waals surface area contributed by atoms with Crippen LogP contribution in [0.5, 0.6) is 0 Å². The van der Waals surface area contributed by atoms with Crippen LogP contribution in [-0.4, -0.2) is 47.8 Å². The predicted octanol–water partition coefficient (Wildman–Crippen LogP) is 2.44. The number of aryl methyl sites for hydroxylation is 1. The zero-order valence-electron chi connectivity index (χ0n) is 16.6. The van der Waals surface area contributed by atoms with Crippen molar-refractivity contribution in [3.05, 3.63) is 59.2 Å². The van der Waals surface area contributed by atoms with Crippen LogP contribution in [0.3, 0.4) is 0 Å². The molecule has 1 amide bonds. The second-order valence-electron chi connectivity index (χ2n) is 7.35. The summed E-state index contributed by atoms with van der Waals surface area (Å²) in [6.07, 6.45) is 3.60. The van der Waals surface area contributed by atoms with Gasteiger partial charge in [0.2, 0.25) is 10.0 Å². The van der Waals surface area contributed by atoms with Crippen LogP contribution >= 0.6 is 0 Å². The Morgan fingerprint density at radius 1 is 1.14 bits per heavy atom. The molecule has 0 spiro atoms. The first kappa shape index (κ1) is 20.2. The van der Waals surface area contributed by atoms with Crippen molar-refractivity contribution >= 4 is 27.3 Å². The molecule has 2 aromatic rings. The fourth-order valence-electron chi connectivity index (χ4n) is 3.41. The molecule has 0 atom stereocenters. The molecule has 1 aliphatic heterocycles. The Morgan fingerprint density at radius 3 is 2.50 bits per heavy atom. The van der Waals surface area contributed by atoms with E-state index in [0.717, 1.165) is 18.4 Å². The van der Waals surface area contributed by atoms with E-state index < -0.39 is 10.0 Å². The highest BCUT2D eigenvalue weighted by atomic mass is 32.2. The summed E-state index contributed by atoms with van der Waals surface area (Å²) in [6, 6.07) is 13.6. The molecule has 1 aliphatic rings. The molecule has 150 valence electrons. The predicted molar refractivity (Wildman–Crippen MR) is 114 cm³/mol. The molecule has 1 N–H and O–H groups in total. The van der Waals surface area contributed by atoms with E-state index in [0.29, 0.717) is 30.8 Å². The van der Waals surface area contributed by atoms with E-state index in [4.69, 9.17) is 0 Å². The summed E-state index contributed by atoms with van der Waals surface area (Å²) in [5, 5.41) is 2.95. The van der Waals surface area contributed by atoms with Crippen molar-refractivity contribution in [2.75, 3.05) is 42.6 Å². The van der Waals surface area contributed by atoms with Crippen LogP contribution in [0, 0.1) is 0 Å². The lowest BCUT2D eigenvalue weighted by Gasteiger charge is -2.16. The van der Waals surface area contributed by atoms with E-state index in [2.05, 4.69) is 34.5 Å². The Hall–Kier alpha value is -2.54. The second-order valence-corrected chi connectivity index (χ2v) is 9.26. The molecule has 1 heterocycles. The standard InChI is InChI=1S/C21H27N3O3S/c1-23(2)19-9-6-16(7-10-19)5-4-13-22-21(25)18-8-11-20-17(15-18)12-14-24(20)28(3,26)27/h6-11,15H,4-5,12-14H2,1-3H3,(H,22,25). The Bertz CT molecular complexity index is 953. The molecule has 0 radical (unpaired) electrons. The van der Waals surface area contributed by atoms with Gasteiger partial charge in [-0.2, -0.15) is 0 Å². The molecule has 0 bridgehead atoms. The van der Waals surface area contributed by atoms with Crippen molar-refractivity contribution in [2.24, 2.45) is 0 Å². The average molecular weight is 402 g/mol. The summed E-state index contributed by atoms with van der Waals surface area (Å²) >= 11 is 0. The van der Waals surface area contributed by atoms with E-state index in [1.54, 1.807) is 18.2 Å². The summed E-state index contributed by atoms with van der Waals surface area (Å²) in [5.41, 5.74) is 4.57. The van der Waals surface area contributed by atoms with Crippen LogP contribution in [-0.2, 0) is 22.9 Å². The van der Waals surface area contributed by atoms with Gasteiger partial charge in [-0.3, -0.25) is 9.10 Å². The number of fused-ring (bicyclic) bond motifs is 1. The minimum atomic E-state index is -3.27. The molecule has 7 heteroatoms. The van der Waals surface area contributed by atoms with Gasteiger partial charge in [0.1, 0.15) is 0 Å². The van der Waals surface area contributed by atoms with Crippen molar-refractivity contribution in [3.63, 3.8) is 0 Å². The number of rotatable bonds is 7. The molecular formula is C21H27N3O3S. The van der Waals surface area contributed by atoms with E-state index in [1.807, 2.05) is 14.1 Å². The van der Waals surface area contributed by atoms with Crippen molar-refractivity contribution in [1.82, 2.24) is 5.32 Å². The van der Waals surface area contributed by atoms with Gasteiger partial charge in [0, 0.05) is 38.4 Å². The zero-order valence-corrected chi connectivity index (χ0v) is 17.4. The minimum Gasteiger partial charge on any atom is -0.378 e. The Morgan fingerprint density at radius 2 is 1.86 bits per heavy atom. The third kappa shape index (κ3) is 4.65. The van der Waals surface area contributed by atoms with Crippen LogP contribution in [0.25, 0.3) is 0 Å². The highest BCUT2D eigenvalue weighted by molar-refractivity contribution is 7.92. The normalized spacial score (nSPS) is 13.3. The Kier molecular flexibility index (Phi) is 5.93. The summed E-state index contributed by atoms with van der Waals surface area (Å²) in [6.45, 7) is 1.03. The molecule has 28 heavy (non-hydrogen) atoms. The van der Waals surface area contributed by atoms with Crippen LogP contribution in [0.2, 0.25) is 0 Å². The lowest BCUT2D eigenvalue weighted by atomic mass is 10.1. The van der Waals surface area contributed by atoms with Gasteiger partial charge in [0.05, 0.1) is 11.9 Å². The molecule has 0 fully saturated rings.